The van der Waals surface area contributed by atoms with Gasteiger partial charge in [0, 0.05) is 31.4 Å². The number of nitrogens with zero attached hydrogens (tertiary/aromatic N) is 2. The molecule has 2 rings (SSSR count). The summed E-state index contributed by atoms with van der Waals surface area (Å²) >= 11 is 0. The Morgan fingerprint density at radius 2 is 2.00 bits per heavy atom. The van der Waals surface area contributed by atoms with Crippen molar-refractivity contribution in [3.05, 3.63) is 53.0 Å². The van der Waals surface area contributed by atoms with Gasteiger partial charge in [-0.25, -0.2) is 14.2 Å². The summed E-state index contributed by atoms with van der Waals surface area (Å²) in [5, 5.41) is 2.80. The summed E-state index contributed by atoms with van der Waals surface area (Å²) in [6.45, 7) is 2.43. The van der Waals surface area contributed by atoms with Crippen LogP contribution in [0.1, 0.15) is 16.8 Å². The van der Waals surface area contributed by atoms with Gasteiger partial charge in [-0.05, 0) is 30.7 Å². The molecule has 7 heteroatoms. The molecule has 1 aromatic heterocycles. The first-order valence-electron chi connectivity index (χ1n) is 7.76. The first-order chi connectivity index (χ1) is 11.9. The van der Waals surface area contributed by atoms with Crippen molar-refractivity contribution in [3.8, 4) is 11.6 Å². The van der Waals surface area contributed by atoms with Crippen LogP contribution in [0.5, 0.6) is 11.6 Å². The van der Waals surface area contributed by atoms with E-state index in [-0.39, 0.29) is 24.9 Å². The fourth-order valence-electron chi connectivity index (χ4n) is 2.33. The van der Waals surface area contributed by atoms with Crippen molar-refractivity contribution in [2.24, 2.45) is 0 Å². The van der Waals surface area contributed by atoms with Crippen molar-refractivity contribution in [1.82, 2.24) is 15.2 Å². The summed E-state index contributed by atoms with van der Waals surface area (Å²) in [7, 11) is 4.59. The maximum atomic E-state index is 13.7. The van der Waals surface area contributed by atoms with E-state index >= 15 is 0 Å². The van der Waals surface area contributed by atoms with Gasteiger partial charge in [0.05, 0.1) is 14.2 Å². The van der Waals surface area contributed by atoms with Crippen LogP contribution >= 0.6 is 0 Å². The van der Waals surface area contributed by atoms with E-state index in [4.69, 9.17) is 9.47 Å². The van der Waals surface area contributed by atoms with E-state index < -0.39 is 5.82 Å². The van der Waals surface area contributed by atoms with Crippen LogP contribution in [0.15, 0.2) is 30.3 Å². The SMILES string of the molecule is COc1ccc(CN(C)C(=O)NCc2ccc(C)nc2OC)cc1F. The zero-order chi connectivity index (χ0) is 18.4. The minimum atomic E-state index is -0.454. The van der Waals surface area contributed by atoms with Gasteiger partial charge in [-0.1, -0.05) is 12.1 Å². The number of carbonyl (C=O) groups is 1. The van der Waals surface area contributed by atoms with Gasteiger partial charge in [0.25, 0.3) is 0 Å². The third kappa shape index (κ3) is 4.82. The van der Waals surface area contributed by atoms with E-state index in [2.05, 4.69) is 10.3 Å². The van der Waals surface area contributed by atoms with Crippen LogP contribution in [0.25, 0.3) is 0 Å². The summed E-state index contributed by atoms with van der Waals surface area (Å²) < 4.78 is 23.8. The van der Waals surface area contributed by atoms with Gasteiger partial charge in [-0.2, -0.15) is 0 Å². The molecule has 0 fully saturated rings. The second kappa shape index (κ2) is 8.32. The summed E-state index contributed by atoms with van der Waals surface area (Å²) in [5.41, 5.74) is 2.29. The van der Waals surface area contributed by atoms with Crippen molar-refractivity contribution >= 4 is 6.03 Å². The highest BCUT2D eigenvalue weighted by molar-refractivity contribution is 5.73. The second-order valence-corrected chi connectivity index (χ2v) is 5.60. The molecule has 0 aliphatic heterocycles. The number of methoxy groups -OCH3 is 2. The van der Waals surface area contributed by atoms with Crippen LogP contribution in [0.3, 0.4) is 0 Å². The Kier molecular flexibility index (Phi) is 6.16. The molecule has 0 saturated carbocycles. The van der Waals surface area contributed by atoms with Crippen LogP contribution in [0.4, 0.5) is 9.18 Å². The molecule has 1 heterocycles. The standard InChI is InChI=1S/C18H22FN3O3/c1-12-5-7-14(17(21-12)25-4)10-20-18(23)22(2)11-13-6-8-16(24-3)15(19)9-13/h5-9H,10-11H2,1-4H3,(H,20,23). The number of nitrogens with one attached hydrogen (secondary N) is 1. The summed E-state index contributed by atoms with van der Waals surface area (Å²) in [6, 6.07) is 8.06. The summed E-state index contributed by atoms with van der Waals surface area (Å²) in [4.78, 5) is 18.0. The number of benzene rings is 1. The molecule has 25 heavy (non-hydrogen) atoms. The normalized spacial score (nSPS) is 10.3. The average Bonchev–Trinajstić information content (AvgIpc) is 2.60. The van der Waals surface area contributed by atoms with Gasteiger partial charge in [0.2, 0.25) is 5.88 Å². The number of amides is 2. The third-order valence-electron chi connectivity index (χ3n) is 3.68. The largest absolute Gasteiger partial charge is 0.494 e. The van der Waals surface area contributed by atoms with Crippen LogP contribution < -0.4 is 14.8 Å². The molecule has 1 N–H and O–H groups in total. The third-order valence-corrected chi connectivity index (χ3v) is 3.68. The zero-order valence-electron chi connectivity index (χ0n) is 14.8. The maximum Gasteiger partial charge on any atom is 0.317 e. The maximum absolute atomic E-state index is 13.7. The highest BCUT2D eigenvalue weighted by Gasteiger charge is 2.12. The Morgan fingerprint density at radius 3 is 2.64 bits per heavy atom. The molecule has 0 bridgehead atoms. The van der Waals surface area contributed by atoms with Gasteiger partial charge in [0.1, 0.15) is 0 Å². The predicted octanol–water partition coefficient (Wildman–Crippen LogP) is 2.89. The molecule has 0 spiro atoms. The molecule has 0 aliphatic carbocycles. The van der Waals surface area contributed by atoms with Crippen LogP contribution in [0, 0.1) is 12.7 Å². The quantitative estimate of drug-likeness (QED) is 0.873. The lowest BCUT2D eigenvalue weighted by molar-refractivity contribution is 0.206. The fourth-order valence-corrected chi connectivity index (χ4v) is 2.33. The molecule has 2 amide bonds. The minimum absolute atomic E-state index is 0.176. The number of ether oxygens (including phenoxy) is 2. The van der Waals surface area contributed by atoms with E-state index in [0.29, 0.717) is 11.4 Å². The van der Waals surface area contributed by atoms with Crippen molar-refractivity contribution in [2.75, 3.05) is 21.3 Å². The van der Waals surface area contributed by atoms with E-state index in [9.17, 15) is 9.18 Å². The number of aryl methyl sites for hydroxylation is 1. The smallest absolute Gasteiger partial charge is 0.317 e. The molecular formula is C18H22FN3O3. The summed E-state index contributed by atoms with van der Waals surface area (Å²) in [5.74, 6) is 0.208. The Hall–Kier alpha value is -2.83. The van der Waals surface area contributed by atoms with Crippen molar-refractivity contribution in [2.45, 2.75) is 20.0 Å². The lowest BCUT2D eigenvalue weighted by atomic mass is 10.2. The van der Waals surface area contributed by atoms with Gasteiger partial charge in [0.15, 0.2) is 11.6 Å². The van der Waals surface area contributed by atoms with E-state index in [1.807, 2.05) is 19.1 Å². The second-order valence-electron chi connectivity index (χ2n) is 5.60. The fraction of sp³-hybridized carbons (Fsp3) is 0.333. The Morgan fingerprint density at radius 1 is 1.24 bits per heavy atom. The molecule has 2 aromatic rings. The molecular weight excluding hydrogens is 325 g/mol. The van der Waals surface area contributed by atoms with Crippen molar-refractivity contribution < 1.29 is 18.7 Å². The Bertz CT molecular complexity index is 752. The molecule has 0 atom stereocenters. The number of hydrogen-bond acceptors (Lipinski definition) is 4. The van der Waals surface area contributed by atoms with Gasteiger partial charge in [-0.15, -0.1) is 0 Å². The highest BCUT2D eigenvalue weighted by Crippen LogP contribution is 2.19. The first-order valence-corrected chi connectivity index (χ1v) is 7.76. The van der Waals surface area contributed by atoms with Crippen LogP contribution in [-0.2, 0) is 13.1 Å². The van der Waals surface area contributed by atoms with Gasteiger partial charge in [-0.3, -0.25) is 0 Å². The lowest BCUT2D eigenvalue weighted by Gasteiger charge is -2.19. The number of carbonyl (C=O) groups excluding carboxylic acids is 1. The minimum Gasteiger partial charge on any atom is -0.494 e. The Balaban J connectivity index is 1.95. The van der Waals surface area contributed by atoms with Gasteiger partial charge < -0.3 is 19.7 Å². The van der Waals surface area contributed by atoms with Crippen LogP contribution in [0.2, 0.25) is 0 Å². The molecule has 0 radical (unpaired) electrons. The highest BCUT2D eigenvalue weighted by atomic mass is 19.1. The topological polar surface area (TPSA) is 63.7 Å². The molecule has 134 valence electrons. The number of rotatable bonds is 6. The number of aromatic nitrogens is 1. The zero-order valence-corrected chi connectivity index (χ0v) is 14.8. The lowest BCUT2D eigenvalue weighted by Crippen LogP contribution is -2.36. The molecule has 6 nitrogen and oxygen atoms in total. The molecule has 0 aliphatic rings. The molecule has 0 saturated heterocycles. The summed E-state index contributed by atoms with van der Waals surface area (Å²) in [6.07, 6.45) is 0. The molecule has 1 aromatic carbocycles. The first kappa shape index (κ1) is 18.5. The monoisotopic (exact) mass is 347 g/mol. The average molecular weight is 347 g/mol. The number of hydrogen-bond donors (Lipinski definition) is 1. The molecule has 0 unspecified atom stereocenters. The van der Waals surface area contributed by atoms with E-state index in [0.717, 1.165) is 11.3 Å². The number of halogens is 1. The van der Waals surface area contributed by atoms with E-state index in [1.165, 1.54) is 25.2 Å². The Labute approximate surface area is 146 Å². The van der Waals surface area contributed by atoms with Crippen molar-refractivity contribution in [1.29, 1.82) is 0 Å². The van der Waals surface area contributed by atoms with E-state index in [1.54, 1.807) is 19.2 Å². The van der Waals surface area contributed by atoms with Gasteiger partial charge >= 0.3 is 6.03 Å². The van der Waals surface area contributed by atoms with Crippen molar-refractivity contribution in [3.63, 3.8) is 0 Å². The number of urea groups is 1. The van der Waals surface area contributed by atoms with Crippen LogP contribution in [-0.4, -0.2) is 37.2 Å². The number of pyridine rings is 1. The predicted molar refractivity (Wildman–Crippen MR) is 92.2 cm³/mol.